The molecule has 4 heterocycles. The molecule has 0 atom stereocenters. The third-order valence-corrected chi connectivity index (χ3v) is 4.76. The standard InChI is InChI=1S/C19H18N6.2ClH/c1-2-4-18-16(3-1)15(5-6-21-18)17-12-23-25-13-14(11-22-19(17)25)24-9-7-20-8-10-24;;/h1-6,11-13,20H,7-10H2;2*1H. The van der Waals surface area contributed by atoms with E-state index in [9.17, 15) is 0 Å². The second kappa shape index (κ2) is 8.08. The van der Waals surface area contributed by atoms with Crippen LogP contribution in [0.25, 0.3) is 27.7 Å². The van der Waals surface area contributed by atoms with Gasteiger partial charge in [0.25, 0.3) is 0 Å². The van der Waals surface area contributed by atoms with Crippen molar-refractivity contribution >= 4 is 47.1 Å². The zero-order valence-corrected chi connectivity index (χ0v) is 16.2. The molecule has 0 aliphatic carbocycles. The van der Waals surface area contributed by atoms with Crippen molar-refractivity contribution in [3.8, 4) is 11.1 Å². The van der Waals surface area contributed by atoms with Crippen molar-refractivity contribution in [3.05, 3.63) is 55.1 Å². The number of fused-ring (bicyclic) bond motifs is 2. The first-order valence-electron chi connectivity index (χ1n) is 8.53. The summed E-state index contributed by atoms with van der Waals surface area (Å²) in [6, 6.07) is 10.2. The highest BCUT2D eigenvalue weighted by Crippen LogP contribution is 2.30. The van der Waals surface area contributed by atoms with Crippen molar-refractivity contribution in [2.75, 3.05) is 31.1 Å². The Kier molecular flexibility index (Phi) is 5.79. The van der Waals surface area contributed by atoms with Gasteiger partial charge in [0.1, 0.15) is 0 Å². The number of pyridine rings is 1. The number of nitrogens with one attached hydrogen (secondary N) is 1. The molecule has 140 valence electrons. The highest BCUT2D eigenvalue weighted by molar-refractivity contribution is 5.97. The average Bonchev–Trinajstić information content (AvgIpc) is 3.11. The van der Waals surface area contributed by atoms with E-state index in [-0.39, 0.29) is 24.8 Å². The summed E-state index contributed by atoms with van der Waals surface area (Å²) in [7, 11) is 0. The topological polar surface area (TPSA) is 58.4 Å². The fourth-order valence-electron chi connectivity index (χ4n) is 3.47. The minimum Gasteiger partial charge on any atom is -0.366 e. The van der Waals surface area contributed by atoms with E-state index in [2.05, 4.69) is 32.6 Å². The van der Waals surface area contributed by atoms with Crippen LogP contribution in [0.15, 0.2) is 55.1 Å². The van der Waals surface area contributed by atoms with Crippen molar-refractivity contribution in [2.45, 2.75) is 0 Å². The van der Waals surface area contributed by atoms with Gasteiger partial charge in [-0.25, -0.2) is 9.50 Å². The Morgan fingerprint density at radius 2 is 1.70 bits per heavy atom. The van der Waals surface area contributed by atoms with E-state index in [1.807, 2.05) is 47.4 Å². The number of hydrogen-bond acceptors (Lipinski definition) is 5. The fraction of sp³-hybridized carbons (Fsp3) is 0.211. The molecule has 0 bridgehead atoms. The summed E-state index contributed by atoms with van der Waals surface area (Å²) in [5.41, 5.74) is 5.11. The lowest BCUT2D eigenvalue weighted by molar-refractivity contribution is 0.587. The van der Waals surface area contributed by atoms with Gasteiger partial charge in [0.2, 0.25) is 0 Å². The molecule has 1 saturated heterocycles. The summed E-state index contributed by atoms with van der Waals surface area (Å²) in [5.74, 6) is 0. The van der Waals surface area contributed by atoms with Crippen molar-refractivity contribution in [3.63, 3.8) is 0 Å². The van der Waals surface area contributed by atoms with Crippen LogP contribution in [0.4, 0.5) is 5.69 Å². The van der Waals surface area contributed by atoms with Crippen LogP contribution in [0.5, 0.6) is 0 Å². The second-order valence-corrected chi connectivity index (χ2v) is 6.25. The monoisotopic (exact) mass is 402 g/mol. The Balaban J connectivity index is 0.00000105. The Hall–Kier alpha value is -2.41. The van der Waals surface area contributed by atoms with E-state index in [1.54, 1.807) is 0 Å². The minimum absolute atomic E-state index is 0. The number of benzene rings is 1. The molecule has 1 aromatic carbocycles. The first-order valence-corrected chi connectivity index (χ1v) is 8.53. The van der Waals surface area contributed by atoms with Gasteiger partial charge >= 0.3 is 0 Å². The first kappa shape index (κ1) is 19.4. The third-order valence-electron chi connectivity index (χ3n) is 4.76. The maximum atomic E-state index is 4.72. The van der Waals surface area contributed by atoms with Crippen LogP contribution < -0.4 is 10.2 Å². The van der Waals surface area contributed by atoms with E-state index in [0.717, 1.165) is 59.5 Å². The van der Waals surface area contributed by atoms with Crippen molar-refractivity contribution in [1.29, 1.82) is 0 Å². The Morgan fingerprint density at radius 3 is 2.56 bits per heavy atom. The Bertz CT molecular complexity index is 1050. The van der Waals surface area contributed by atoms with Gasteiger partial charge in [0.15, 0.2) is 5.65 Å². The van der Waals surface area contributed by atoms with E-state index in [0.29, 0.717) is 0 Å². The molecule has 0 amide bonds. The molecule has 8 heteroatoms. The van der Waals surface area contributed by atoms with Crippen molar-refractivity contribution in [2.24, 2.45) is 0 Å². The van der Waals surface area contributed by atoms with Gasteiger partial charge < -0.3 is 10.2 Å². The van der Waals surface area contributed by atoms with E-state index in [1.165, 1.54) is 0 Å². The van der Waals surface area contributed by atoms with Crippen molar-refractivity contribution in [1.82, 2.24) is 24.9 Å². The number of aromatic nitrogens is 4. The molecule has 1 aliphatic rings. The first-order chi connectivity index (χ1) is 12.4. The molecule has 4 aromatic rings. The van der Waals surface area contributed by atoms with Gasteiger partial charge in [0, 0.05) is 43.3 Å². The molecule has 6 nitrogen and oxygen atoms in total. The van der Waals surface area contributed by atoms with Gasteiger partial charge in [-0.2, -0.15) is 5.10 Å². The number of piperazine rings is 1. The van der Waals surface area contributed by atoms with Crippen LogP contribution >= 0.6 is 24.8 Å². The van der Waals surface area contributed by atoms with Crippen LogP contribution in [-0.2, 0) is 0 Å². The van der Waals surface area contributed by atoms with Crippen LogP contribution in [0, 0.1) is 0 Å². The predicted octanol–water partition coefficient (Wildman–Crippen LogP) is 3.20. The van der Waals surface area contributed by atoms with Gasteiger partial charge in [-0.3, -0.25) is 4.98 Å². The number of rotatable bonds is 2. The average molecular weight is 403 g/mol. The number of halogens is 2. The largest absolute Gasteiger partial charge is 0.366 e. The normalized spacial score (nSPS) is 14.0. The summed E-state index contributed by atoms with van der Waals surface area (Å²) < 4.78 is 1.88. The van der Waals surface area contributed by atoms with Gasteiger partial charge in [-0.1, -0.05) is 18.2 Å². The molecule has 0 saturated carbocycles. The highest BCUT2D eigenvalue weighted by Gasteiger charge is 2.15. The number of anilines is 1. The highest BCUT2D eigenvalue weighted by atomic mass is 35.5. The van der Waals surface area contributed by atoms with Gasteiger partial charge in [-0.05, 0) is 17.7 Å². The molecule has 5 rings (SSSR count). The van der Waals surface area contributed by atoms with Gasteiger partial charge in [0.05, 0.1) is 29.8 Å². The van der Waals surface area contributed by atoms with E-state index < -0.39 is 0 Å². The number of nitrogens with zero attached hydrogens (tertiary/aromatic N) is 5. The summed E-state index contributed by atoms with van der Waals surface area (Å²) in [6.07, 6.45) is 7.76. The van der Waals surface area contributed by atoms with Crippen LogP contribution in [0.1, 0.15) is 0 Å². The SMILES string of the molecule is Cl.Cl.c1ccc2c(-c3cnn4cc(N5CCNCC5)cnc34)ccnc2c1. The predicted molar refractivity (Wildman–Crippen MR) is 113 cm³/mol. The molecule has 1 fully saturated rings. The van der Waals surface area contributed by atoms with Crippen molar-refractivity contribution < 1.29 is 0 Å². The van der Waals surface area contributed by atoms with Crippen LogP contribution in [0.3, 0.4) is 0 Å². The molecule has 0 unspecified atom stereocenters. The molecule has 1 N–H and O–H groups in total. The molecule has 3 aromatic heterocycles. The lowest BCUT2D eigenvalue weighted by Gasteiger charge is -2.28. The van der Waals surface area contributed by atoms with Gasteiger partial charge in [-0.15, -0.1) is 24.8 Å². The zero-order chi connectivity index (χ0) is 16.6. The summed E-state index contributed by atoms with van der Waals surface area (Å²) in [4.78, 5) is 11.5. The minimum atomic E-state index is 0. The Morgan fingerprint density at radius 1 is 0.889 bits per heavy atom. The molecular formula is C19H20Cl2N6. The van der Waals surface area contributed by atoms with E-state index >= 15 is 0 Å². The van der Waals surface area contributed by atoms with Crippen LogP contribution in [0.2, 0.25) is 0 Å². The molecular weight excluding hydrogens is 383 g/mol. The zero-order valence-electron chi connectivity index (χ0n) is 14.6. The lowest BCUT2D eigenvalue weighted by Crippen LogP contribution is -2.43. The quantitative estimate of drug-likeness (QED) is 0.557. The summed E-state index contributed by atoms with van der Waals surface area (Å²) >= 11 is 0. The Labute approximate surface area is 169 Å². The smallest absolute Gasteiger partial charge is 0.162 e. The molecule has 0 spiro atoms. The van der Waals surface area contributed by atoms with Crippen LogP contribution in [-0.4, -0.2) is 45.8 Å². The summed E-state index contributed by atoms with van der Waals surface area (Å²) in [6.45, 7) is 4.00. The maximum absolute atomic E-state index is 4.72. The number of para-hydroxylation sites is 1. The summed E-state index contributed by atoms with van der Waals surface area (Å²) in [5, 5.41) is 9.04. The molecule has 0 radical (unpaired) electrons. The molecule has 1 aliphatic heterocycles. The maximum Gasteiger partial charge on any atom is 0.162 e. The second-order valence-electron chi connectivity index (χ2n) is 6.25. The number of hydrogen-bond donors (Lipinski definition) is 1. The fourth-order valence-corrected chi connectivity index (χ4v) is 3.47. The third kappa shape index (κ3) is 3.43. The molecule has 27 heavy (non-hydrogen) atoms. The lowest BCUT2D eigenvalue weighted by atomic mass is 10.0. The van der Waals surface area contributed by atoms with E-state index in [4.69, 9.17) is 4.98 Å².